The maximum Gasteiger partial charge on any atom is 0.122 e. The zero-order valence-corrected chi connectivity index (χ0v) is 8.44. The van der Waals surface area contributed by atoms with Crippen molar-refractivity contribution in [1.29, 1.82) is 0 Å². The Balaban J connectivity index is 1.95. The number of nitrogens with one attached hydrogen (secondary N) is 2. The third-order valence-corrected chi connectivity index (χ3v) is 3.17. The topological polar surface area (TPSA) is 33.3 Å². The average Bonchev–Trinajstić information content (AvgIpc) is 2.19. The molecule has 0 aliphatic carbocycles. The van der Waals surface area contributed by atoms with Crippen molar-refractivity contribution in [3.8, 4) is 0 Å². The Labute approximate surface area is 80.2 Å². The van der Waals surface area contributed by atoms with E-state index in [1.54, 1.807) is 0 Å². The van der Waals surface area contributed by atoms with Gasteiger partial charge in [-0.2, -0.15) is 0 Å². The summed E-state index contributed by atoms with van der Waals surface area (Å²) < 4.78 is 6.11. The molecular weight excluding hydrogens is 164 g/mol. The predicted octanol–water partition coefficient (Wildman–Crippen LogP) is 0.855. The molecule has 1 atom stereocenters. The number of hydrogen-bond donors (Lipinski definition) is 2. The molecule has 0 amide bonds. The van der Waals surface area contributed by atoms with Crippen molar-refractivity contribution < 1.29 is 4.74 Å². The van der Waals surface area contributed by atoms with E-state index in [4.69, 9.17) is 4.74 Å². The maximum absolute atomic E-state index is 6.11. The molecule has 0 bridgehead atoms. The van der Waals surface area contributed by atoms with Crippen LogP contribution in [0.1, 0.15) is 32.6 Å². The second-order valence-electron chi connectivity index (χ2n) is 4.11. The molecule has 2 fully saturated rings. The van der Waals surface area contributed by atoms with Crippen molar-refractivity contribution in [3.05, 3.63) is 0 Å². The second kappa shape index (κ2) is 3.95. The molecule has 3 heteroatoms. The highest BCUT2D eigenvalue weighted by Crippen LogP contribution is 2.27. The molecule has 3 nitrogen and oxygen atoms in total. The zero-order chi connectivity index (χ0) is 9.15. The fraction of sp³-hybridized carbons (Fsp3) is 1.00. The highest BCUT2D eigenvalue weighted by molar-refractivity contribution is 4.88. The standard InChI is InChI=1S/C10H20N2O/c1-2-9-3-6-12-10(13-9)4-7-11-8-5-10/h9,11-12H,2-8H2,1H3. The van der Waals surface area contributed by atoms with Crippen molar-refractivity contribution >= 4 is 0 Å². The van der Waals surface area contributed by atoms with Crippen molar-refractivity contribution in [2.45, 2.75) is 44.4 Å². The SMILES string of the molecule is CCC1CCNC2(CCNCC2)O1. The van der Waals surface area contributed by atoms with Gasteiger partial charge in [0.2, 0.25) is 0 Å². The van der Waals surface area contributed by atoms with Gasteiger partial charge in [0.05, 0.1) is 6.10 Å². The molecule has 0 aromatic rings. The Morgan fingerprint density at radius 2 is 2.08 bits per heavy atom. The van der Waals surface area contributed by atoms with Gasteiger partial charge in [0.15, 0.2) is 0 Å². The minimum Gasteiger partial charge on any atom is -0.357 e. The molecule has 0 radical (unpaired) electrons. The Bertz CT molecular complexity index is 161. The van der Waals surface area contributed by atoms with Gasteiger partial charge in [0, 0.05) is 19.4 Å². The molecule has 2 aliphatic heterocycles. The van der Waals surface area contributed by atoms with Crippen LogP contribution in [0.2, 0.25) is 0 Å². The molecule has 76 valence electrons. The Kier molecular flexibility index (Phi) is 2.86. The van der Waals surface area contributed by atoms with Crippen LogP contribution in [0.3, 0.4) is 0 Å². The van der Waals surface area contributed by atoms with Crippen LogP contribution in [0.15, 0.2) is 0 Å². The van der Waals surface area contributed by atoms with Gasteiger partial charge in [-0.1, -0.05) is 6.92 Å². The predicted molar refractivity (Wildman–Crippen MR) is 52.6 cm³/mol. The first-order valence-electron chi connectivity index (χ1n) is 5.48. The molecular formula is C10H20N2O. The summed E-state index contributed by atoms with van der Waals surface area (Å²) in [7, 11) is 0. The number of piperidine rings is 1. The summed E-state index contributed by atoms with van der Waals surface area (Å²) in [4.78, 5) is 0. The van der Waals surface area contributed by atoms with Gasteiger partial charge in [-0.3, -0.25) is 5.32 Å². The molecule has 2 rings (SSSR count). The molecule has 2 saturated heterocycles. The lowest BCUT2D eigenvalue weighted by atomic mass is 9.98. The van der Waals surface area contributed by atoms with Gasteiger partial charge in [-0.25, -0.2) is 0 Å². The first-order chi connectivity index (χ1) is 6.35. The minimum atomic E-state index is 0.0180. The van der Waals surface area contributed by atoms with E-state index in [-0.39, 0.29) is 5.72 Å². The molecule has 0 saturated carbocycles. The van der Waals surface area contributed by atoms with Crippen LogP contribution >= 0.6 is 0 Å². The number of ether oxygens (including phenoxy) is 1. The summed E-state index contributed by atoms with van der Waals surface area (Å²) in [5.74, 6) is 0. The van der Waals surface area contributed by atoms with E-state index in [1.165, 1.54) is 6.42 Å². The highest BCUT2D eigenvalue weighted by Gasteiger charge is 2.37. The second-order valence-corrected chi connectivity index (χ2v) is 4.11. The third-order valence-electron chi connectivity index (χ3n) is 3.17. The normalized spacial score (nSPS) is 33.5. The first-order valence-corrected chi connectivity index (χ1v) is 5.48. The van der Waals surface area contributed by atoms with Crippen molar-refractivity contribution in [2.24, 2.45) is 0 Å². The van der Waals surface area contributed by atoms with Crippen LogP contribution in [0.5, 0.6) is 0 Å². The van der Waals surface area contributed by atoms with Crippen molar-refractivity contribution in [2.75, 3.05) is 19.6 Å². The number of hydrogen-bond acceptors (Lipinski definition) is 3. The van der Waals surface area contributed by atoms with E-state index < -0.39 is 0 Å². The van der Waals surface area contributed by atoms with Gasteiger partial charge in [-0.15, -0.1) is 0 Å². The summed E-state index contributed by atoms with van der Waals surface area (Å²) in [5, 5.41) is 6.91. The van der Waals surface area contributed by atoms with E-state index in [2.05, 4.69) is 17.6 Å². The lowest BCUT2D eigenvalue weighted by molar-refractivity contribution is -0.156. The Morgan fingerprint density at radius 3 is 2.77 bits per heavy atom. The van der Waals surface area contributed by atoms with Crippen molar-refractivity contribution in [1.82, 2.24) is 10.6 Å². The third kappa shape index (κ3) is 2.03. The van der Waals surface area contributed by atoms with Crippen LogP contribution in [0.4, 0.5) is 0 Å². The van der Waals surface area contributed by atoms with Crippen LogP contribution in [-0.4, -0.2) is 31.5 Å². The Hall–Kier alpha value is -0.120. The van der Waals surface area contributed by atoms with Gasteiger partial charge >= 0.3 is 0 Å². The molecule has 0 aromatic carbocycles. The van der Waals surface area contributed by atoms with Gasteiger partial charge in [0.25, 0.3) is 0 Å². The zero-order valence-electron chi connectivity index (χ0n) is 8.44. The molecule has 2 heterocycles. The van der Waals surface area contributed by atoms with Crippen LogP contribution in [-0.2, 0) is 4.74 Å². The van der Waals surface area contributed by atoms with Crippen LogP contribution in [0.25, 0.3) is 0 Å². The van der Waals surface area contributed by atoms with Gasteiger partial charge in [-0.05, 0) is 25.9 Å². The first kappa shape index (κ1) is 9.44. The molecule has 0 aromatic heterocycles. The van der Waals surface area contributed by atoms with Crippen LogP contribution < -0.4 is 10.6 Å². The van der Waals surface area contributed by atoms with Crippen LogP contribution in [0, 0.1) is 0 Å². The van der Waals surface area contributed by atoms with E-state index in [9.17, 15) is 0 Å². The summed E-state index contributed by atoms with van der Waals surface area (Å²) >= 11 is 0. The van der Waals surface area contributed by atoms with E-state index >= 15 is 0 Å². The monoisotopic (exact) mass is 184 g/mol. The molecule has 1 unspecified atom stereocenters. The molecule has 13 heavy (non-hydrogen) atoms. The summed E-state index contributed by atoms with van der Waals surface area (Å²) in [6.45, 7) is 5.51. The van der Waals surface area contributed by atoms with E-state index in [0.717, 1.165) is 38.9 Å². The lowest BCUT2D eigenvalue weighted by Gasteiger charge is -2.44. The fourth-order valence-corrected chi connectivity index (χ4v) is 2.29. The smallest absolute Gasteiger partial charge is 0.122 e. The molecule has 2 aliphatic rings. The lowest BCUT2D eigenvalue weighted by Crippen LogP contribution is -2.59. The average molecular weight is 184 g/mol. The Morgan fingerprint density at radius 1 is 1.31 bits per heavy atom. The molecule has 1 spiro atoms. The minimum absolute atomic E-state index is 0.0180. The summed E-state index contributed by atoms with van der Waals surface area (Å²) in [6, 6.07) is 0. The van der Waals surface area contributed by atoms with E-state index in [0.29, 0.717) is 6.10 Å². The largest absolute Gasteiger partial charge is 0.357 e. The summed E-state index contributed by atoms with van der Waals surface area (Å²) in [6.07, 6.45) is 5.04. The highest BCUT2D eigenvalue weighted by atomic mass is 16.5. The van der Waals surface area contributed by atoms with Crippen molar-refractivity contribution in [3.63, 3.8) is 0 Å². The van der Waals surface area contributed by atoms with E-state index in [1.807, 2.05) is 0 Å². The maximum atomic E-state index is 6.11. The molecule has 2 N–H and O–H groups in total. The van der Waals surface area contributed by atoms with Gasteiger partial charge in [0.1, 0.15) is 5.72 Å². The fourth-order valence-electron chi connectivity index (χ4n) is 2.29. The quantitative estimate of drug-likeness (QED) is 0.634. The van der Waals surface area contributed by atoms with Gasteiger partial charge < -0.3 is 10.1 Å². The number of rotatable bonds is 1. The summed E-state index contributed by atoms with van der Waals surface area (Å²) in [5.41, 5.74) is 0.0180.